The minimum atomic E-state index is -0.944. The van der Waals surface area contributed by atoms with Gasteiger partial charge in [0.2, 0.25) is 5.75 Å². The quantitative estimate of drug-likeness (QED) is 0.394. The third kappa shape index (κ3) is 4.33. The van der Waals surface area contributed by atoms with Crippen LogP contribution in [0.1, 0.15) is 38.8 Å². The molecule has 1 heterocycles. The van der Waals surface area contributed by atoms with Crippen LogP contribution in [0.15, 0.2) is 23.4 Å². The molecular formula is C18H23N3O7. The zero-order valence-corrected chi connectivity index (χ0v) is 16.2. The number of allylic oxidation sites excluding steroid dienone is 1. The number of methoxy groups -OCH3 is 1. The van der Waals surface area contributed by atoms with E-state index in [0.29, 0.717) is 17.7 Å². The van der Waals surface area contributed by atoms with Gasteiger partial charge in [0.25, 0.3) is 0 Å². The summed E-state index contributed by atoms with van der Waals surface area (Å²) in [6.07, 6.45) is 0.654. The third-order valence-electron chi connectivity index (χ3n) is 4.02. The lowest BCUT2D eigenvalue weighted by Crippen LogP contribution is -2.45. The van der Waals surface area contributed by atoms with Gasteiger partial charge in [-0.15, -0.1) is 0 Å². The maximum absolute atomic E-state index is 12.4. The molecule has 1 atom stereocenters. The molecular weight excluding hydrogens is 370 g/mol. The number of urea groups is 1. The van der Waals surface area contributed by atoms with Crippen molar-refractivity contribution < 1.29 is 28.7 Å². The minimum Gasteiger partial charge on any atom is -0.493 e. The molecule has 2 amide bonds. The Morgan fingerprint density at radius 1 is 1.32 bits per heavy atom. The van der Waals surface area contributed by atoms with Crippen LogP contribution in [0.5, 0.6) is 11.5 Å². The number of nitro groups is 1. The van der Waals surface area contributed by atoms with Crippen LogP contribution < -0.4 is 20.1 Å². The standard InChI is InChI=1S/C18H23N3O7/c1-5-7-28-16-12(21(24)25)8-11(9-13(16)26-4)15-14(17(22)27-6-2)10(3)19-18(23)20-15/h8-9,15H,5-7H2,1-4H3,(H2,19,20,23). The lowest BCUT2D eigenvalue weighted by atomic mass is 9.94. The SMILES string of the molecule is CCCOc1c(OC)cc(C2NC(=O)NC(C)=C2C(=O)OCC)cc1[N+](=O)[O-]. The lowest BCUT2D eigenvalue weighted by molar-refractivity contribution is -0.386. The van der Waals surface area contributed by atoms with Crippen molar-refractivity contribution in [2.45, 2.75) is 33.2 Å². The Hall–Kier alpha value is -3.30. The van der Waals surface area contributed by atoms with Crippen LogP contribution in [0.3, 0.4) is 0 Å². The molecule has 0 radical (unpaired) electrons. The summed E-state index contributed by atoms with van der Waals surface area (Å²) in [7, 11) is 1.36. The number of carbonyl (C=O) groups excluding carboxylic acids is 2. The fourth-order valence-corrected chi connectivity index (χ4v) is 2.83. The second-order valence-electron chi connectivity index (χ2n) is 5.97. The highest BCUT2D eigenvalue weighted by Gasteiger charge is 2.34. The van der Waals surface area contributed by atoms with E-state index in [1.165, 1.54) is 19.2 Å². The molecule has 0 spiro atoms. The van der Waals surface area contributed by atoms with Crippen molar-refractivity contribution >= 4 is 17.7 Å². The number of rotatable bonds is 8. The van der Waals surface area contributed by atoms with E-state index in [4.69, 9.17) is 14.2 Å². The van der Waals surface area contributed by atoms with Crippen molar-refractivity contribution in [3.05, 3.63) is 39.1 Å². The molecule has 1 aliphatic heterocycles. The third-order valence-corrected chi connectivity index (χ3v) is 4.02. The molecule has 10 nitrogen and oxygen atoms in total. The van der Waals surface area contributed by atoms with E-state index in [1.54, 1.807) is 13.8 Å². The summed E-state index contributed by atoms with van der Waals surface area (Å²) in [5, 5.41) is 16.7. The van der Waals surface area contributed by atoms with Gasteiger partial charge < -0.3 is 24.8 Å². The van der Waals surface area contributed by atoms with Gasteiger partial charge in [-0.3, -0.25) is 10.1 Å². The molecule has 0 aliphatic carbocycles. The van der Waals surface area contributed by atoms with Gasteiger partial charge >= 0.3 is 17.7 Å². The molecule has 0 saturated carbocycles. The van der Waals surface area contributed by atoms with Crippen molar-refractivity contribution in [1.29, 1.82) is 0 Å². The molecule has 0 fully saturated rings. The topological polar surface area (TPSA) is 129 Å². The average Bonchev–Trinajstić information content (AvgIpc) is 2.64. The molecule has 2 rings (SSSR count). The van der Waals surface area contributed by atoms with Crippen LogP contribution >= 0.6 is 0 Å². The fraction of sp³-hybridized carbons (Fsp3) is 0.444. The Labute approximate surface area is 162 Å². The molecule has 1 unspecified atom stereocenters. The first-order chi connectivity index (χ1) is 13.3. The number of ether oxygens (including phenoxy) is 3. The van der Waals surface area contributed by atoms with Crippen molar-refractivity contribution in [3.8, 4) is 11.5 Å². The first-order valence-electron chi connectivity index (χ1n) is 8.78. The van der Waals surface area contributed by atoms with Crippen LogP contribution in [0, 0.1) is 10.1 Å². The summed E-state index contributed by atoms with van der Waals surface area (Å²) in [4.78, 5) is 35.4. The smallest absolute Gasteiger partial charge is 0.338 e. The average molecular weight is 393 g/mol. The molecule has 1 aromatic rings. The first-order valence-corrected chi connectivity index (χ1v) is 8.78. The normalized spacial score (nSPS) is 16.1. The Bertz CT molecular complexity index is 820. The van der Waals surface area contributed by atoms with E-state index in [2.05, 4.69) is 10.6 Å². The minimum absolute atomic E-state index is 0.00301. The molecule has 152 valence electrons. The number of nitrogens with zero attached hydrogens (tertiary/aromatic N) is 1. The molecule has 1 aromatic carbocycles. The number of carbonyl (C=O) groups is 2. The zero-order chi connectivity index (χ0) is 20.8. The Morgan fingerprint density at radius 3 is 2.61 bits per heavy atom. The summed E-state index contributed by atoms with van der Waals surface area (Å²) in [5.74, 6) is -0.506. The number of nitrogens with one attached hydrogen (secondary N) is 2. The number of esters is 1. The molecule has 2 N–H and O–H groups in total. The second-order valence-corrected chi connectivity index (χ2v) is 5.97. The molecule has 0 saturated heterocycles. The highest BCUT2D eigenvalue weighted by Crippen LogP contribution is 2.41. The Morgan fingerprint density at radius 2 is 2.04 bits per heavy atom. The fourth-order valence-electron chi connectivity index (χ4n) is 2.83. The van der Waals surface area contributed by atoms with E-state index in [-0.39, 0.29) is 36.0 Å². The van der Waals surface area contributed by atoms with Crippen molar-refractivity contribution in [2.75, 3.05) is 20.3 Å². The van der Waals surface area contributed by atoms with Crippen LogP contribution in [-0.2, 0) is 9.53 Å². The van der Waals surface area contributed by atoms with E-state index in [0.717, 1.165) is 0 Å². The van der Waals surface area contributed by atoms with Crippen molar-refractivity contribution in [1.82, 2.24) is 10.6 Å². The predicted molar refractivity (Wildman–Crippen MR) is 99.2 cm³/mol. The molecule has 0 aromatic heterocycles. The second kappa shape index (κ2) is 9.07. The Kier molecular flexibility index (Phi) is 6.80. The maximum Gasteiger partial charge on any atom is 0.338 e. The largest absolute Gasteiger partial charge is 0.493 e. The maximum atomic E-state index is 12.4. The van der Waals surface area contributed by atoms with Gasteiger partial charge in [0.1, 0.15) is 0 Å². The predicted octanol–water partition coefficient (Wildman–Crippen LogP) is 2.58. The van der Waals surface area contributed by atoms with Crippen molar-refractivity contribution in [3.63, 3.8) is 0 Å². The van der Waals surface area contributed by atoms with E-state index < -0.39 is 23.0 Å². The number of benzene rings is 1. The highest BCUT2D eigenvalue weighted by atomic mass is 16.6. The summed E-state index contributed by atoms with van der Waals surface area (Å²) < 4.78 is 15.8. The lowest BCUT2D eigenvalue weighted by Gasteiger charge is -2.28. The van der Waals surface area contributed by atoms with Gasteiger partial charge in [-0.1, -0.05) is 6.92 Å². The van der Waals surface area contributed by atoms with E-state index in [9.17, 15) is 19.7 Å². The molecule has 1 aliphatic rings. The van der Waals surface area contributed by atoms with Crippen LogP contribution in [0.4, 0.5) is 10.5 Å². The molecule has 10 heteroatoms. The van der Waals surface area contributed by atoms with Gasteiger partial charge in [-0.25, -0.2) is 9.59 Å². The monoisotopic (exact) mass is 393 g/mol. The molecule has 28 heavy (non-hydrogen) atoms. The Balaban J connectivity index is 2.62. The molecule has 0 bridgehead atoms. The van der Waals surface area contributed by atoms with Gasteiger partial charge in [0, 0.05) is 11.8 Å². The number of amides is 2. The number of hydrogen-bond acceptors (Lipinski definition) is 7. The van der Waals surface area contributed by atoms with Gasteiger partial charge in [0.05, 0.1) is 36.9 Å². The van der Waals surface area contributed by atoms with Crippen LogP contribution in [0.2, 0.25) is 0 Å². The van der Waals surface area contributed by atoms with Crippen LogP contribution in [-0.4, -0.2) is 37.2 Å². The summed E-state index contributed by atoms with van der Waals surface area (Å²) in [6, 6.07) is 1.28. The van der Waals surface area contributed by atoms with Crippen molar-refractivity contribution in [2.24, 2.45) is 0 Å². The summed E-state index contributed by atoms with van der Waals surface area (Å²) in [5.41, 5.74) is 0.432. The summed E-state index contributed by atoms with van der Waals surface area (Å²) >= 11 is 0. The van der Waals surface area contributed by atoms with Crippen LogP contribution in [0.25, 0.3) is 0 Å². The number of nitro benzene ring substituents is 1. The summed E-state index contributed by atoms with van der Waals surface area (Å²) in [6.45, 7) is 5.50. The zero-order valence-electron chi connectivity index (χ0n) is 16.2. The number of hydrogen-bond donors (Lipinski definition) is 2. The van der Waals surface area contributed by atoms with Gasteiger partial charge in [-0.05, 0) is 31.9 Å². The highest BCUT2D eigenvalue weighted by molar-refractivity contribution is 5.95. The van der Waals surface area contributed by atoms with Gasteiger partial charge in [-0.2, -0.15) is 0 Å². The first kappa shape index (κ1) is 21.0. The van der Waals surface area contributed by atoms with E-state index >= 15 is 0 Å². The van der Waals surface area contributed by atoms with Gasteiger partial charge in [0.15, 0.2) is 5.75 Å². The van der Waals surface area contributed by atoms with E-state index in [1.807, 2.05) is 6.92 Å².